The van der Waals surface area contributed by atoms with Gasteiger partial charge in [-0.3, -0.25) is 13.9 Å². The third kappa shape index (κ3) is 4.00. The molecule has 34 heavy (non-hydrogen) atoms. The Morgan fingerprint density at radius 2 is 1.88 bits per heavy atom. The van der Waals surface area contributed by atoms with E-state index in [0.29, 0.717) is 36.4 Å². The van der Waals surface area contributed by atoms with E-state index in [1.807, 2.05) is 24.3 Å². The summed E-state index contributed by atoms with van der Waals surface area (Å²) in [5.41, 5.74) is 7.54. The van der Waals surface area contributed by atoms with Gasteiger partial charge in [-0.25, -0.2) is 14.8 Å². The minimum atomic E-state index is -0.260. The summed E-state index contributed by atoms with van der Waals surface area (Å²) in [4.78, 5) is 36.1. The van der Waals surface area contributed by atoms with Crippen LogP contribution in [0, 0.1) is 11.8 Å². The van der Waals surface area contributed by atoms with Crippen LogP contribution in [0.25, 0.3) is 16.9 Å². The first-order chi connectivity index (χ1) is 16.6. The number of anilines is 1. The number of likely N-dealkylation sites (tertiary alicyclic amines) is 1. The molecule has 2 aliphatic rings. The Hall–Kier alpha value is -3.80. The van der Waals surface area contributed by atoms with Gasteiger partial charge in [0.2, 0.25) is 0 Å². The number of amides is 1. The van der Waals surface area contributed by atoms with E-state index >= 15 is 0 Å². The highest BCUT2D eigenvalue weighted by atomic mass is 16.5. The Morgan fingerprint density at radius 1 is 1.12 bits per heavy atom. The van der Waals surface area contributed by atoms with Crippen molar-refractivity contribution in [1.82, 2.24) is 24.0 Å². The molecule has 1 aliphatic carbocycles. The molecule has 9 heteroatoms. The number of ether oxygens (including phenoxy) is 1. The number of nitrogens with two attached hydrogens (primary N) is 1. The fourth-order valence-electron chi connectivity index (χ4n) is 5.01. The summed E-state index contributed by atoms with van der Waals surface area (Å²) in [5, 5.41) is 0. The summed E-state index contributed by atoms with van der Waals surface area (Å²) in [5.74, 6) is 6.00. The quantitative estimate of drug-likeness (QED) is 0.600. The molecule has 3 heterocycles. The van der Waals surface area contributed by atoms with Crippen molar-refractivity contribution in [1.29, 1.82) is 0 Å². The maximum Gasteiger partial charge on any atom is 0.335 e. The number of rotatable bonds is 4. The van der Waals surface area contributed by atoms with E-state index in [1.54, 1.807) is 21.0 Å². The number of benzene rings is 1. The number of nitrogen functional groups attached to an aromatic ring is 1. The molecule has 1 amide bonds. The Balaban J connectivity index is 1.50. The average Bonchev–Trinajstić information content (AvgIpc) is 3.43. The normalized spacial score (nSPS) is 18.6. The molecule has 2 aromatic heterocycles. The second-order valence-electron chi connectivity index (χ2n) is 8.86. The maximum absolute atomic E-state index is 13.7. The van der Waals surface area contributed by atoms with E-state index in [1.165, 1.54) is 25.6 Å². The smallest absolute Gasteiger partial charge is 0.335 e. The summed E-state index contributed by atoms with van der Waals surface area (Å²) in [6.07, 6.45) is 8.07. The zero-order chi connectivity index (χ0) is 23.7. The van der Waals surface area contributed by atoms with E-state index < -0.39 is 0 Å². The van der Waals surface area contributed by atoms with Crippen LogP contribution in [0.4, 0.5) is 5.82 Å². The molecule has 9 nitrogen and oxygen atoms in total. The number of nitrogens with zero attached hydrogens (tertiary/aromatic N) is 5. The van der Waals surface area contributed by atoms with Crippen molar-refractivity contribution in [2.75, 3.05) is 18.8 Å². The highest BCUT2D eigenvalue weighted by molar-refractivity contribution is 5.93. The maximum atomic E-state index is 13.7. The molecule has 1 unspecified atom stereocenters. The number of aromatic nitrogens is 4. The number of hydrogen-bond donors (Lipinski definition) is 1. The van der Waals surface area contributed by atoms with Crippen LogP contribution in [-0.4, -0.2) is 49.1 Å². The van der Waals surface area contributed by atoms with Gasteiger partial charge in [-0.2, -0.15) is 0 Å². The van der Waals surface area contributed by atoms with Gasteiger partial charge >= 0.3 is 5.69 Å². The summed E-state index contributed by atoms with van der Waals surface area (Å²) in [6.45, 7) is 2.56. The minimum absolute atomic E-state index is 0.220. The lowest BCUT2D eigenvalue weighted by Crippen LogP contribution is -2.31. The summed E-state index contributed by atoms with van der Waals surface area (Å²) >= 11 is 0. The van der Waals surface area contributed by atoms with Gasteiger partial charge in [-0.1, -0.05) is 12.3 Å². The third-order valence-electron chi connectivity index (χ3n) is 6.68. The molecular weight excluding hydrogens is 432 g/mol. The summed E-state index contributed by atoms with van der Waals surface area (Å²) in [6, 6.07) is 7.27. The molecular formula is C25H28N6O3. The second-order valence-corrected chi connectivity index (χ2v) is 8.86. The summed E-state index contributed by atoms with van der Waals surface area (Å²) < 4.78 is 9.32. The Kier molecular flexibility index (Phi) is 5.97. The number of carbonyl (C=O) groups excluding carboxylic acids is 1. The fourth-order valence-corrected chi connectivity index (χ4v) is 5.01. The first-order valence-corrected chi connectivity index (χ1v) is 11.8. The molecule has 0 spiro atoms. The van der Waals surface area contributed by atoms with Gasteiger partial charge in [0, 0.05) is 13.1 Å². The standard InChI is InChI=1S/C25H28N6O3/c1-2-6-21(32)29-14-13-18(15-29)31-24-22(23(26)27-16-28-24)30(25(31)33)17-9-11-20(12-10-17)34-19-7-4-3-5-8-19/h9-12,16,18-19H,3-5,7-8,13-15H2,1H3,(H2,26,27,28). The van der Waals surface area contributed by atoms with E-state index in [9.17, 15) is 9.59 Å². The molecule has 1 saturated carbocycles. The lowest BCUT2D eigenvalue weighted by molar-refractivity contribution is -0.124. The molecule has 2 fully saturated rings. The van der Waals surface area contributed by atoms with Crippen LogP contribution in [0.2, 0.25) is 0 Å². The second kappa shape index (κ2) is 9.21. The monoisotopic (exact) mass is 460 g/mol. The zero-order valence-corrected chi connectivity index (χ0v) is 19.2. The van der Waals surface area contributed by atoms with Crippen LogP contribution in [0.5, 0.6) is 5.75 Å². The number of imidazole rings is 1. The minimum Gasteiger partial charge on any atom is -0.490 e. The van der Waals surface area contributed by atoms with E-state index in [4.69, 9.17) is 10.5 Å². The van der Waals surface area contributed by atoms with Crippen molar-refractivity contribution in [2.45, 2.75) is 57.6 Å². The molecule has 2 N–H and O–H groups in total. The number of hydrogen-bond acceptors (Lipinski definition) is 6. The first-order valence-electron chi connectivity index (χ1n) is 11.8. The van der Waals surface area contributed by atoms with Gasteiger partial charge in [-0.15, -0.1) is 0 Å². The van der Waals surface area contributed by atoms with E-state index in [-0.39, 0.29) is 29.6 Å². The molecule has 1 aromatic carbocycles. The molecule has 1 atom stereocenters. The summed E-state index contributed by atoms with van der Waals surface area (Å²) in [7, 11) is 0. The van der Waals surface area contributed by atoms with Crippen molar-refractivity contribution in [2.24, 2.45) is 0 Å². The van der Waals surface area contributed by atoms with Crippen LogP contribution in [-0.2, 0) is 4.79 Å². The first kappa shape index (κ1) is 22.0. The predicted octanol–water partition coefficient (Wildman–Crippen LogP) is 2.67. The Labute approximate surface area is 197 Å². The van der Waals surface area contributed by atoms with Gasteiger partial charge in [0.15, 0.2) is 11.5 Å². The molecule has 3 aromatic rings. The molecule has 1 saturated heterocycles. The van der Waals surface area contributed by atoms with E-state index in [2.05, 4.69) is 21.8 Å². The fraction of sp³-hybridized carbons (Fsp3) is 0.440. The van der Waals surface area contributed by atoms with Crippen molar-refractivity contribution >= 4 is 22.9 Å². The average molecular weight is 461 g/mol. The van der Waals surface area contributed by atoms with Crippen LogP contribution in [0.15, 0.2) is 35.4 Å². The van der Waals surface area contributed by atoms with Crippen LogP contribution < -0.4 is 16.2 Å². The van der Waals surface area contributed by atoms with Gasteiger partial charge in [0.25, 0.3) is 5.91 Å². The zero-order valence-electron chi connectivity index (χ0n) is 19.2. The van der Waals surface area contributed by atoms with Gasteiger partial charge < -0.3 is 15.4 Å². The molecule has 176 valence electrons. The van der Waals surface area contributed by atoms with Crippen LogP contribution >= 0.6 is 0 Å². The lowest BCUT2D eigenvalue weighted by atomic mass is 9.98. The number of fused-ring (bicyclic) bond motifs is 1. The van der Waals surface area contributed by atoms with Crippen molar-refractivity contribution < 1.29 is 9.53 Å². The lowest BCUT2D eigenvalue weighted by Gasteiger charge is -2.23. The molecule has 0 radical (unpaired) electrons. The van der Waals surface area contributed by atoms with Gasteiger partial charge in [0.1, 0.15) is 17.6 Å². The highest BCUT2D eigenvalue weighted by Crippen LogP contribution is 2.29. The molecule has 1 aliphatic heterocycles. The topological polar surface area (TPSA) is 108 Å². The highest BCUT2D eigenvalue weighted by Gasteiger charge is 2.31. The van der Waals surface area contributed by atoms with Crippen molar-refractivity contribution in [3.05, 3.63) is 41.1 Å². The number of carbonyl (C=O) groups is 1. The van der Waals surface area contributed by atoms with Crippen molar-refractivity contribution in [3.63, 3.8) is 0 Å². The van der Waals surface area contributed by atoms with E-state index in [0.717, 1.165) is 18.6 Å². The SMILES string of the molecule is CC#CC(=O)N1CCC(n2c(=O)n(-c3ccc(OC4CCCCC4)cc3)c3c(N)ncnc32)C1. The van der Waals surface area contributed by atoms with Gasteiger partial charge in [-0.05, 0) is 69.2 Å². The van der Waals surface area contributed by atoms with Crippen LogP contribution in [0.3, 0.4) is 0 Å². The largest absolute Gasteiger partial charge is 0.490 e. The Bertz CT molecular complexity index is 1320. The Morgan fingerprint density at radius 3 is 2.62 bits per heavy atom. The third-order valence-corrected chi connectivity index (χ3v) is 6.68. The predicted molar refractivity (Wildman–Crippen MR) is 129 cm³/mol. The van der Waals surface area contributed by atoms with Crippen LogP contribution in [0.1, 0.15) is 51.5 Å². The van der Waals surface area contributed by atoms with Gasteiger partial charge in [0.05, 0.1) is 17.8 Å². The molecule has 5 rings (SSSR count). The molecule has 0 bridgehead atoms. The van der Waals surface area contributed by atoms with Crippen molar-refractivity contribution in [3.8, 4) is 23.3 Å².